The van der Waals surface area contributed by atoms with E-state index in [1.807, 2.05) is 13.8 Å². The minimum Gasteiger partial charge on any atom is -0.456 e. The van der Waals surface area contributed by atoms with Crippen LogP contribution in [0.15, 0.2) is 296 Å². The van der Waals surface area contributed by atoms with Crippen LogP contribution in [0.5, 0.6) is 0 Å². The Bertz CT molecular complexity index is 5750. The van der Waals surface area contributed by atoms with Gasteiger partial charge in [0, 0.05) is 71.2 Å². The highest BCUT2D eigenvalue weighted by atomic mass is 16.3. The molecule has 0 aliphatic heterocycles. The topological polar surface area (TPSA) is 43.9 Å². The predicted molar refractivity (Wildman–Crippen MR) is 378 cm³/mol. The third-order valence-electron chi connectivity index (χ3n) is 19.1. The van der Waals surface area contributed by atoms with Crippen LogP contribution in [0.3, 0.4) is 0 Å². The van der Waals surface area contributed by atoms with E-state index in [9.17, 15) is 0 Å². The van der Waals surface area contributed by atoms with Crippen molar-refractivity contribution in [2.45, 2.75) is 39.0 Å². The zero-order chi connectivity index (χ0) is 60.2. The van der Waals surface area contributed by atoms with E-state index in [1.165, 1.54) is 116 Å². The average Bonchev–Trinajstić information content (AvgIpc) is 1.54. The summed E-state index contributed by atoms with van der Waals surface area (Å²) in [4.78, 5) is 10.4. The minimum absolute atomic E-state index is 0.0450. The van der Waals surface area contributed by atoms with Gasteiger partial charge >= 0.3 is 0 Å². The second-order valence-electron chi connectivity index (χ2n) is 24.3. The number of furan rings is 1. The number of pyridine rings is 2. The summed E-state index contributed by atoms with van der Waals surface area (Å²) in [7, 11) is 0. The van der Waals surface area contributed by atoms with Gasteiger partial charge < -0.3 is 8.98 Å². The smallest absolute Gasteiger partial charge is 0.136 e. The fourth-order valence-corrected chi connectivity index (χ4v) is 15.1. The summed E-state index contributed by atoms with van der Waals surface area (Å²) in [5, 5.41) is 11.8. The second kappa shape index (κ2) is 21.0. The zero-order valence-corrected chi connectivity index (χ0v) is 50.5. The number of hydrogen-bond donors (Lipinski definition) is 0. The molecule has 0 spiro atoms. The highest BCUT2D eigenvalue weighted by Crippen LogP contribution is 2.52. The fraction of sp³-hybridized carbons (Fsp3) is 0.0698. The van der Waals surface area contributed by atoms with E-state index >= 15 is 0 Å². The molecule has 0 radical (unpaired) electrons. The molecule has 2 aliphatic carbocycles. The first-order valence-corrected chi connectivity index (χ1v) is 31.5. The summed E-state index contributed by atoms with van der Waals surface area (Å²) in [5.74, 6) is 0.244. The lowest BCUT2D eigenvalue weighted by Crippen LogP contribution is -2.15. The van der Waals surface area contributed by atoms with Crippen molar-refractivity contribution in [1.82, 2.24) is 14.5 Å². The quantitative estimate of drug-likeness (QED) is 0.161. The van der Waals surface area contributed by atoms with Crippen LogP contribution in [0.4, 0.5) is 0 Å². The summed E-state index contributed by atoms with van der Waals surface area (Å²) in [5.41, 5.74) is 26.1. The second-order valence-corrected chi connectivity index (χ2v) is 24.3. The number of nitrogens with zero attached hydrogens (tertiary/aromatic N) is 3. The van der Waals surface area contributed by atoms with Crippen molar-refractivity contribution in [1.29, 1.82) is 0 Å². The molecule has 0 saturated carbocycles. The van der Waals surface area contributed by atoms with Gasteiger partial charge in [0.2, 0.25) is 0 Å². The molecule has 0 N–H and O–H groups in total. The highest BCUT2D eigenvalue weighted by molar-refractivity contribution is 6.19. The lowest BCUT2D eigenvalue weighted by Gasteiger charge is -2.22. The zero-order valence-electron chi connectivity index (χ0n) is 50.5. The first-order valence-electron chi connectivity index (χ1n) is 31.5. The Morgan fingerprint density at radius 2 is 0.878 bits per heavy atom. The number of para-hydroxylation sites is 3. The Hall–Kier alpha value is -11.2. The summed E-state index contributed by atoms with van der Waals surface area (Å²) < 4.78 is 8.89. The Morgan fingerprint density at radius 1 is 0.333 bits per heavy atom. The summed E-state index contributed by atoms with van der Waals surface area (Å²) in [6.45, 7) is 8.70. The van der Waals surface area contributed by atoms with Crippen LogP contribution in [0, 0.1) is 0 Å². The van der Waals surface area contributed by atoms with E-state index < -0.39 is 0 Å². The SMILES string of the molecule is CC.CC1(C)c2ccccc2-c2ccc(-n3c4ccccc4c4cc(-c5nc6ccccc6c6ccccc56)ccc43)cc21.c1ccc(C2c3ccccc3-c3cc(-c4ccc5oc6cccc(-c7nc8ccccc8c8ccccc78)c6c5c4)ccc32)cc1. The predicted octanol–water partition coefficient (Wildman–Crippen LogP) is 23.3. The molecule has 1 atom stereocenters. The molecule has 0 amide bonds. The molecule has 0 fully saturated rings. The van der Waals surface area contributed by atoms with Crippen molar-refractivity contribution in [3.05, 3.63) is 319 Å². The van der Waals surface area contributed by atoms with Crippen LogP contribution in [-0.2, 0) is 5.41 Å². The number of aromatic nitrogens is 3. The molecule has 4 heterocycles. The van der Waals surface area contributed by atoms with Crippen LogP contribution in [-0.4, -0.2) is 14.5 Å². The molecule has 426 valence electrons. The van der Waals surface area contributed by atoms with E-state index in [1.54, 1.807) is 0 Å². The summed E-state index contributed by atoms with van der Waals surface area (Å²) >= 11 is 0. The maximum absolute atomic E-state index is 6.46. The van der Waals surface area contributed by atoms with Crippen LogP contribution in [0.25, 0.3) is 149 Å². The normalized spacial score (nSPS) is 13.5. The molecule has 1 unspecified atom stereocenters. The first-order chi connectivity index (χ1) is 44.4. The van der Waals surface area contributed by atoms with Crippen molar-refractivity contribution in [2.24, 2.45) is 0 Å². The van der Waals surface area contributed by atoms with Crippen LogP contribution in [0.2, 0.25) is 0 Å². The Balaban J connectivity index is 0.000000136. The number of hydrogen-bond acceptors (Lipinski definition) is 3. The molecule has 90 heavy (non-hydrogen) atoms. The van der Waals surface area contributed by atoms with Crippen molar-refractivity contribution in [3.8, 4) is 61.6 Å². The fourth-order valence-electron chi connectivity index (χ4n) is 15.1. The first kappa shape index (κ1) is 53.1. The van der Waals surface area contributed by atoms with Gasteiger partial charge in [-0.1, -0.05) is 252 Å². The molecule has 19 rings (SSSR count). The van der Waals surface area contributed by atoms with Crippen molar-refractivity contribution >= 4 is 87.1 Å². The van der Waals surface area contributed by atoms with Crippen molar-refractivity contribution < 1.29 is 4.42 Å². The monoisotopic (exact) mass is 1150 g/mol. The molecule has 2 aliphatic rings. The largest absolute Gasteiger partial charge is 0.456 e. The number of fused-ring (bicyclic) bond motifs is 18. The van der Waals surface area contributed by atoms with Crippen LogP contribution < -0.4 is 0 Å². The van der Waals surface area contributed by atoms with E-state index in [4.69, 9.17) is 14.4 Å². The third-order valence-corrected chi connectivity index (χ3v) is 19.1. The number of benzene rings is 13. The standard InChI is InChI=1S/C44H27NO.C40H28N2.C2H6/c1-2-11-27(12-3-1)42-33-16-6-4-14-31(33)37-25-28(21-23-34(37)42)29-22-24-40-38(26-29)43-36(18-10-20-41(43)46-40)44-35-17-7-5-13-30(35)32-15-8-9-19-39(32)45-44;1-40(2)34-16-8-5-12-28(34)29-21-20-26(24-35(29)40)42-37-18-10-7-14-31(37)33-23-25(19-22-38(33)42)39-32-15-4-3-11-27(32)30-13-6-9-17-36(30)41-39;1-2/h1-26,42H;3-24H,1-2H3;1-2H3. The van der Waals surface area contributed by atoms with E-state index in [-0.39, 0.29) is 11.3 Å². The van der Waals surface area contributed by atoms with Gasteiger partial charge in [-0.3, -0.25) is 0 Å². The maximum Gasteiger partial charge on any atom is 0.136 e. The van der Waals surface area contributed by atoms with Gasteiger partial charge in [0.25, 0.3) is 0 Å². The summed E-state index contributed by atoms with van der Waals surface area (Å²) in [6.07, 6.45) is 0. The molecule has 0 saturated heterocycles. The van der Waals surface area contributed by atoms with E-state index in [0.29, 0.717) is 0 Å². The average molecular weight is 1150 g/mol. The molecule has 4 aromatic heterocycles. The summed E-state index contributed by atoms with van der Waals surface area (Å²) in [6, 6.07) is 105. The lowest BCUT2D eigenvalue weighted by molar-refractivity contribution is 0.660. The minimum atomic E-state index is -0.0450. The van der Waals surface area contributed by atoms with E-state index in [2.05, 4.69) is 310 Å². The van der Waals surface area contributed by atoms with Gasteiger partial charge in [-0.05, 0) is 139 Å². The Morgan fingerprint density at radius 3 is 1.64 bits per heavy atom. The van der Waals surface area contributed by atoms with Crippen molar-refractivity contribution in [3.63, 3.8) is 0 Å². The van der Waals surface area contributed by atoms with Gasteiger partial charge in [0.1, 0.15) is 11.2 Å². The molecule has 4 heteroatoms. The lowest BCUT2D eigenvalue weighted by atomic mass is 9.82. The van der Waals surface area contributed by atoms with Gasteiger partial charge in [-0.2, -0.15) is 0 Å². The van der Waals surface area contributed by atoms with Crippen LogP contribution >= 0.6 is 0 Å². The maximum atomic E-state index is 6.46. The molecular formula is C86H61N3O. The Kier molecular flexibility index (Phi) is 12.4. The van der Waals surface area contributed by atoms with E-state index in [0.717, 1.165) is 60.9 Å². The van der Waals surface area contributed by atoms with Gasteiger partial charge in [-0.25, -0.2) is 9.97 Å². The van der Waals surface area contributed by atoms with Crippen molar-refractivity contribution in [2.75, 3.05) is 0 Å². The van der Waals surface area contributed by atoms with Gasteiger partial charge in [0.05, 0.1) is 33.5 Å². The molecule has 17 aromatic rings. The van der Waals surface area contributed by atoms with Gasteiger partial charge in [0.15, 0.2) is 0 Å². The third kappa shape index (κ3) is 8.21. The van der Waals surface area contributed by atoms with Gasteiger partial charge in [-0.15, -0.1) is 0 Å². The molecule has 0 bridgehead atoms. The Labute approximate surface area is 522 Å². The van der Waals surface area contributed by atoms with Crippen LogP contribution in [0.1, 0.15) is 61.4 Å². The number of rotatable bonds is 5. The molecule has 4 nitrogen and oxygen atoms in total. The molecule has 13 aromatic carbocycles. The highest BCUT2D eigenvalue weighted by Gasteiger charge is 2.36. The molecular weight excluding hydrogens is 1090 g/mol.